The van der Waals surface area contributed by atoms with E-state index in [2.05, 4.69) is 24.5 Å². The molecule has 0 aromatic heterocycles. The molecule has 0 aliphatic carbocycles. The molecule has 2 amide bonds. The summed E-state index contributed by atoms with van der Waals surface area (Å²) in [6.07, 6.45) is 1.91. The average Bonchev–Trinajstić information content (AvgIpc) is 2.66. The Morgan fingerprint density at radius 3 is 2.39 bits per heavy atom. The van der Waals surface area contributed by atoms with Crippen LogP contribution in [0.3, 0.4) is 0 Å². The molecule has 0 bridgehead atoms. The fourth-order valence-electron chi connectivity index (χ4n) is 2.63. The molecule has 1 unspecified atom stereocenters. The van der Waals surface area contributed by atoms with Gasteiger partial charge in [0.1, 0.15) is 11.6 Å². The number of carbonyl (C=O) groups is 2. The predicted octanol–water partition coefficient (Wildman–Crippen LogP) is 4.40. The molecule has 150 valence electrons. The smallest absolute Gasteiger partial charge is 0.262 e. The fraction of sp³-hybridized carbons (Fsp3) is 0.364. The van der Waals surface area contributed by atoms with E-state index >= 15 is 0 Å². The molecule has 5 nitrogen and oxygen atoms in total. The van der Waals surface area contributed by atoms with Gasteiger partial charge < -0.3 is 15.4 Å². The van der Waals surface area contributed by atoms with Gasteiger partial charge >= 0.3 is 0 Å². The van der Waals surface area contributed by atoms with Crippen molar-refractivity contribution in [3.05, 3.63) is 59.9 Å². The van der Waals surface area contributed by atoms with Gasteiger partial charge in [-0.05, 0) is 49.9 Å². The van der Waals surface area contributed by atoms with Gasteiger partial charge in [0.05, 0.1) is 11.3 Å². The summed E-state index contributed by atoms with van der Waals surface area (Å²) < 4.78 is 19.1. The molecular weight excluding hydrogens is 359 g/mol. The van der Waals surface area contributed by atoms with Gasteiger partial charge in [0.25, 0.3) is 11.8 Å². The lowest BCUT2D eigenvalue weighted by atomic mass is 10.0. The first-order chi connectivity index (χ1) is 13.4. The van der Waals surface area contributed by atoms with Crippen LogP contribution in [0.4, 0.5) is 10.1 Å². The van der Waals surface area contributed by atoms with E-state index in [-0.39, 0.29) is 24.2 Å². The number of anilines is 1. The van der Waals surface area contributed by atoms with Crippen molar-refractivity contribution in [2.75, 3.05) is 11.9 Å². The molecule has 0 aliphatic rings. The van der Waals surface area contributed by atoms with Crippen molar-refractivity contribution in [2.45, 2.75) is 39.7 Å². The number of hydrogen-bond donors (Lipinski definition) is 2. The number of ether oxygens (including phenoxy) is 1. The molecule has 2 aromatic carbocycles. The van der Waals surface area contributed by atoms with E-state index in [0.29, 0.717) is 17.2 Å². The van der Waals surface area contributed by atoms with Gasteiger partial charge in [-0.2, -0.15) is 0 Å². The second kappa shape index (κ2) is 10.4. The number of hydrogen-bond acceptors (Lipinski definition) is 3. The molecule has 0 spiro atoms. The first-order valence-electron chi connectivity index (χ1n) is 9.44. The maximum absolute atomic E-state index is 13.6. The summed E-state index contributed by atoms with van der Waals surface area (Å²) in [6.45, 7) is 5.92. The monoisotopic (exact) mass is 386 g/mol. The first-order valence-corrected chi connectivity index (χ1v) is 9.44. The molecule has 0 saturated heterocycles. The van der Waals surface area contributed by atoms with Crippen molar-refractivity contribution in [1.29, 1.82) is 0 Å². The molecule has 0 fully saturated rings. The van der Waals surface area contributed by atoms with Crippen LogP contribution in [0.5, 0.6) is 5.75 Å². The third-order valence-corrected chi connectivity index (χ3v) is 4.19. The molecule has 28 heavy (non-hydrogen) atoms. The van der Waals surface area contributed by atoms with Crippen molar-refractivity contribution in [3.8, 4) is 5.75 Å². The number of nitrogens with one attached hydrogen (secondary N) is 2. The Morgan fingerprint density at radius 1 is 1.00 bits per heavy atom. The van der Waals surface area contributed by atoms with Crippen LogP contribution in [0.15, 0.2) is 48.5 Å². The fourth-order valence-corrected chi connectivity index (χ4v) is 2.63. The summed E-state index contributed by atoms with van der Waals surface area (Å²) in [5.74, 6) is -0.402. The maximum atomic E-state index is 13.6. The Morgan fingerprint density at radius 2 is 1.68 bits per heavy atom. The van der Waals surface area contributed by atoms with E-state index in [4.69, 9.17) is 4.74 Å². The van der Waals surface area contributed by atoms with Crippen LogP contribution < -0.4 is 15.4 Å². The number of amides is 2. The minimum Gasteiger partial charge on any atom is -0.483 e. The lowest BCUT2D eigenvalue weighted by molar-refractivity contribution is -0.118. The molecule has 2 aromatic rings. The molecule has 2 rings (SSSR count). The third-order valence-electron chi connectivity index (χ3n) is 4.19. The Balaban J connectivity index is 1.95. The number of carbonyl (C=O) groups excluding carboxylic acids is 2. The maximum Gasteiger partial charge on any atom is 0.262 e. The normalized spacial score (nSPS) is 11.8. The minimum absolute atomic E-state index is 0.0345. The van der Waals surface area contributed by atoms with E-state index in [1.54, 1.807) is 36.4 Å². The van der Waals surface area contributed by atoms with E-state index in [1.807, 2.05) is 6.92 Å². The largest absolute Gasteiger partial charge is 0.483 e. The third kappa shape index (κ3) is 6.68. The van der Waals surface area contributed by atoms with E-state index in [1.165, 1.54) is 12.1 Å². The Hall–Kier alpha value is -2.89. The first kappa shape index (κ1) is 21.4. The van der Waals surface area contributed by atoms with Crippen molar-refractivity contribution < 1.29 is 18.7 Å². The summed E-state index contributed by atoms with van der Waals surface area (Å²) in [5.41, 5.74) is 0.443. The topological polar surface area (TPSA) is 67.4 Å². The second-order valence-electron chi connectivity index (χ2n) is 7.16. The zero-order chi connectivity index (χ0) is 20.5. The van der Waals surface area contributed by atoms with E-state index in [0.717, 1.165) is 12.8 Å². The zero-order valence-electron chi connectivity index (χ0n) is 16.5. The highest BCUT2D eigenvalue weighted by molar-refractivity contribution is 5.97. The van der Waals surface area contributed by atoms with Crippen LogP contribution in [-0.2, 0) is 4.79 Å². The predicted molar refractivity (Wildman–Crippen MR) is 108 cm³/mol. The molecule has 1 atom stereocenters. The highest BCUT2D eigenvalue weighted by atomic mass is 19.1. The Kier molecular flexibility index (Phi) is 7.99. The van der Waals surface area contributed by atoms with Crippen LogP contribution in [0, 0.1) is 11.7 Å². The van der Waals surface area contributed by atoms with Crippen molar-refractivity contribution >= 4 is 17.5 Å². The Labute approximate surface area is 165 Å². The molecule has 0 radical (unpaired) electrons. The SMILES string of the molecule is CC(C)CCC(C)NC(=O)c1ccccc1OCC(=O)Nc1ccccc1F. The van der Waals surface area contributed by atoms with Crippen molar-refractivity contribution in [3.63, 3.8) is 0 Å². The molecule has 2 N–H and O–H groups in total. The van der Waals surface area contributed by atoms with Crippen LogP contribution >= 0.6 is 0 Å². The molecule has 6 heteroatoms. The highest BCUT2D eigenvalue weighted by Gasteiger charge is 2.16. The average molecular weight is 386 g/mol. The van der Waals surface area contributed by atoms with Gasteiger partial charge in [0.15, 0.2) is 6.61 Å². The lowest BCUT2D eigenvalue weighted by Crippen LogP contribution is -2.33. The summed E-state index contributed by atoms with van der Waals surface area (Å²) >= 11 is 0. The van der Waals surface area contributed by atoms with Gasteiger partial charge in [0.2, 0.25) is 0 Å². The quantitative estimate of drug-likeness (QED) is 0.671. The highest BCUT2D eigenvalue weighted by Crippen LogP contribution is 2.19. The van der Waals surface area contributed by atoms with Crippen LogP contribution in [0.25, 0.3) is 0 Å². The number of halogens is 1. The minimum atomic E-state index is -0.522. The molecule has 0 saturated carbocycles. The zero-order valence-corrected chi connectivity index (χ0v) is 16.5. The van der Waals surface area contributed by atoms with Crippen molar-refractivity contribution in [1.82, 2.24) is 5.32 Å². The van der Waals surface area contributed by atoms with E-state index in [9.17, 15) is 14.0 Å². The lowest BCUT2D eigenvalue weighted by Gasteiger charge is -2.17. The van der Waals surface area contributed by atoms with Gasteiger partial charge in [-0.1, -0.05) is 38.1 Å². The van der Waals surface area contributed by atoms with E-state index < -0.39 is 11.7 Å². The van der Waals surface area contributed by atoms with Crippen LogP contribution in [0.1, 0.15) is 44.0 Å². The van der Waals surface area contributed by atoms with Gasteiger partial charge in [-0.3, -0.25) is 9.59 Å². The van der Waals surface area contributed by atoms with Gasteiger partial charge in [-0.15, -0.1) is 0 Å². The molecular formula is C22H27FN2O3. The summed E-state index contributed by atoms with van der Waals surface area (Å²) in [6, 6.07) is 12.7. The number of para-hydroxylation sites is 2. The standard InChI is InChI=1S/C22H27FN2O3/c1-15(2)12-13-16(3)24-22(27)17-8-4-7-11-20(17)28-14-21(26)25-19-10-6-5-9-18(19)23/h4-11,15-16H,12-14H2,1-3H3,(H,24,27)(H,25,26). The van der Waals surface area contributed by atoms with Gasteiger partial charge in [-0.25, -0.2) is 4.39 Å². The summed E-state index contributed by atoms with van der Waals surface area (Å²) in [5, 5.41) is 5.41. The summed E-state index contributed by atoms with van der Waals surface area (Å²) in [7, 11) is 0. The second-order valence-corrected chi connectivity index (χ2v) is 7.16. The van der Waals surface area contributed by atoms with Gasteiger partial charge in [0, 0.05) is 6.04 Å². The number of rotatable bonds is 9. The molecule has 0 aliphatic heterocycles. The molecule has 0 heterocycles. The summed E-state index contributed by atoms with van der Waals surface area (Å²) in [4.78, 5) is 24.6. The number of benzene rings is 2. The van der Waals surface area contributed by atoms with Crippen LogP contribution in [-0.4, -0.2) is 24.5 Å². The van der Waals surface area contributed by atoms with Crippen LogP contribution in [0.2, 0.25) is 0 Å². The Bertz CT molecular complexity index is 808. The van der Waals surface area contributed by atoms with Crippen molar-refractivity contribution in [2.24, 2.45) is 5.92 Å².